The van der Waals surface area contributed by atoms with E-state index in [2.05, 4.69) is 179 Å². The van der Waals surface area contributed by atoms with Crippen LogP contribution in [0.4, 0.5) is 0 Å². The minimum absolute atomic E-state index is 0.0105. The second kappa shape index (κ2) is 39.2. The topological polar surface area (TPSA) is 240 Å². The molecule has 0 spiro atoms. The van der Waals surface area contributed by atoms with Crippen molar-refractivity contribution in [3.63, 3.8) is 0 Å². The number of carboxylic acids is 1. The van der Waals surface area contributed by atoms with Crippen LogP contribution < -0.4 is 5.32 Å². The van der Waals surface area contributed by atoms with Crippen molar-refractivity contribution in [1.29, 1.82) is 0 Å². The molecule has 0 radical (unpaired) electrons. The van der Waals surface area contributed by atoms with Gasteiger partial charge >= 0.3 is 5.97 Å². The number of thiophene rings is 6. The van der Waals surface area contributed by atoms with Crippen molar-refractivity contribution in [3.05, 3.63) is 138 Å². The van der Waals surface area contributed by atoms with Gasteiger partial charge in [-0.15, -0.1) is 68.0 Å². The zero-order chi connectivity index (χ0) is 79.7. The Balaban J connectivity index is 0.000000341. The summed E-state index contributed by atoms with van der Waals surface area (Å²) in [6.07, 6.45) is 0.115. The molecule has 6 aromatic rings. The van der Waals surface area contributed by atoms with Gasteiger partial charge in [-0.05, 0) is 200 Å². The lowest BCUT2D eigenvalue weighted by molar-refractivity contribution is -0.147. The summed E-state index contributed by atoms with van der Waals surface area (Å²) >= 11 is 8.64. The minimum atomic E-state index is -1.98. The maximum Gasteiger partial charge on any atom is 0.345 e. The number of aliphatic hydroxyl groups excluding tert-OH is 2. The van der Waals surface area contributed by atoms with E-state index in [-0.39, 0.29) is 85.3 Å². The normalized spacial score (nSPS) is 15.8. The first-order valence-electron chi connectivity index (χ1n) is 35.0. The molecule has 4 N–H and O–H groups in total. The zero-order valence-electron chi connectivity index (χ0n) is 67.1. The van der Waals surface area contributed by atoms with E-state index in [1.54, 1.807) is 30.4 Å². The molecule has 104 heavy (non-hydrogen) atoms. The van der Waals surface area contributed by atoms with Gasteiger partial charge in [-0.3, -0.25) is 24.0 Å². The summed E-state index contributed by atoms with van der Waals surface area (Å²) in [7, 11) is -8.76. The predicted molar refractivity (Wildman–Crippen MR) is 446 cm³/mol. The molecule has 28 heteroatoms. The van der Waals surface area contributed by atoms with Gasteiger partial charge in [0.1, 0.15) is 10.6 Å². The highest BCUT2D eigenvalue weighted by atomic mass is 32.1. The smallest absolute Gasteiger partial charge is 0.345 e. The second-order valence-electron chi connectivity index (χ2n) is 33.1. The molecule has 1 amide bonds. The first-order chi connectivity index (χ1) is 47.4. The van der Waals surface area contributed by atoms with Gasteiger partial charge in [-0.2, -0.15) is 0 Å². The molecule has 2 aliphatic rings. The third-order valence-corrected chi connectivity index (χ3v) is 45.0. The van der Waals surface area contributed by atoms with Crippen molar-refractivity contribution in [1.82, 2.24) is 5.32 Å². The van der Waals surface area contributed by atoms with Crippen LogP contribution in [0.1, 0.15) is 207 Å². The Labute approximate surface area is 650 Å². The Hall–Kier alpha value is -3.88. The van der Waals surface area contributed by atoms with Crippen molar-refractivity contribution < 1.29 is 75.7 Å². The molecule has 8 rings (SSSR count). The van der Waals surface area contributed by atoms with Gasteiger partial charge in [-0.1, -0.05) is 89.7 Å². The van der Waals surface area contributed by atoms with Crippen LogP contribution in [0, 0.1) is 5.92 Å². The van der Waals surface area contributed by atoms with Gasteiger partial charge in [0.2, 0.25) is 20.0 Å². The van der Waals surface area contributed by atoms with E-state index in [1.165, 1.54) is 76.2 Å². The van der Waals surface area contributed by atoms with E-state index >= 15 is 0 Å². The highest BCUT2D eigenvalue weighted by molar-refractivity contribution is 7.16. The van der Waals surface area contributed by atoms with Gasteiger partial charge in [0.25, 0.3) is 0 Å². The molecule has 582 valence electrons. The number of aromatic carboxylic acids is 1. The van der Waals surface area contributed by atoms with Gasteiger partial charge in [0.05, 0.1) is 93.6 Å². The number of ketones is 4. The predicted octanol–water partition coefficient (Wildman–Crippen LogP) is 21.5. The molecule has 3 atom stereocenters. The number of nitrogens with one attached hydrogen (secondary N) is 1. The highest BCUT2D eigenvalue weighted by Crippen LogP contribution is 2.43. The van der Waals surface area contributed by atoms with Crippen LogP contribution in [-0.2, 0) is 75.2 Å². The maximum absolute atomic E-state index is 12.9. The number of aliphatic hydroxyl groups is 2. The zero-order valence-corrected chi connectivity index (χ0v) is 77.0. The summed E-state index contributed by atoms with van der Waals surface area (Å²) in [6, 6.07) is 22.1. The fraction of sp³-hybridized carbons (Fsp3) is 0.579. The number of β-lactam (4-membered cyclic amide) rings is 1. The summed E-state index contributed by atoms with van der Waals surface area (Å²) in [4.78, 5) is 78.5. The Bertz CT molecular complexity index is 3750. The number of carbonyl (C=O) groups is 6. The molecule has 2 fully saturated rings. The van der Waals surface area contributed by atoms with Crippen molar-refractivity contribution >= 4 is 150 Å². The summed E-state index contributed by atoms with van der Waals surface area (Å²) in [5.41, 5.74) is 0. The standard InChI is InChI=1S/C24H43NO4SSi2.C16H30O2SSi2.C13H22O2SSi.C9H12O3S.C7H6O3S.C7H8O2S/c1-16(29-32(10,11)24(5,6)7)21-18(25-22(21)27)14-19(26)20-13-12-17(30-20)15-28-31(8,9)23(2,3)4;1-13(18-20(5,6)7)15-11-10-14(19-15)12-17-21(8,9)16(2,3)4;1-10(14)12-8-7-11(16-12)9-15-17(5,6)13(2,3)4;1-9(11-4-5-12-9)8-3-2-7(6-10)13-8;1-4(8)5-2-3-6(11-5)7(9)10;1-5(9)7-3-2-6(4-8)10-7/h12-13,16,18,21H,14-15H2,1-11H3,(H,25,27);10-11H,1,12H2,2-9H3;7-8H,9H2,1-6H3;2-3,10H,4-6H2,1H3;2-3H,1H3,(H,9,10);2-3,8H,4H2,1H3/t16-,18-,21-;;;;;/m1...../s1. The number of amides is 1. The summed E-state index contributed by atoms with van der Waals surface area (Å²) in [5, 5.41) is 29.7. The summed E-state index contributed by atoms with van der Waals surface area (Å²) < 4.78 is 42.1. The third kappa shape index (κ3) is 29.5. The molecule has 6 aromatic heterocycles. The van der Waals surface area contributed by atoms with E-state index in [0.29, 0.717) is 49.2 Å². The number of hydrogen-bond acceptors (Lipinski definition) is 21. The molecule has 0 unspecified atom stereocenters. The number of Topliss-reactive ketones (excluding diaryl/α,β-unsaturated/α-hetero) is 4. The number of hydrogen-bond donors (Lipinski definition) is 4. The van der Waals surface area contributed by atoms with Crippen LogP contribution in [0.2, 0.25) is 92.2 Å². The second-order valence-corrected chi connectivity index (χ2v) is 63.6. The SMILES string of the molecule is C=C(O[Si](C)(C)C)c1ccc(CO[Si](C)(C)C(C)(C)C)s1.CC(=O)c1ccc(C(=O)O)s1.CC(=O)c1ccc(CO)s1.CC(=O)c1ccc(CO[Si](C)(C)C(C)(C)C)s1.CC1(c2ccc(CO)s2)OCCO1.C[C@@H](O[Si](C)(C)C(C)(C)C)[C@H]1C(=O)N[C@@H]1CC(=O)c1ccc(CO[Si](C)(C)C(C)(C)C)s1. The lowest BCUT2D eigenvalue weighted by Gasteiger charge is -2.45. The van der Waals surface area contributed by atoms with E-state index in [9.17, 15) is 28.8 Å². The number of ether oxygens (including phenoxy) is 2. The Morgan fingerprint density at radius 3 is 1.19 bits per heavy atom. The van der Waals surface area contributed by atoms with Gasteiger partial charge in [-0.25, -0.2) is 4.79 Å². The quantitative estimate of drug-likeness (QED) is 0.0180. The first kappa shape index (κ1) is 94.3. The van der Waals surface area contributed by atoms with Crippen molar-refractivity contribution in [3.8, 4) is 0 Å². The lowest BCUT2D eigenvalue weighted by atomic mass is 9.83. The molecule has 0 aromatic carbocycles. The van der Waals surface area contributed by atoms with Crippen molar-refractivity contribution in [2.75, 3.05) is 13.2 Å². The molecule has 8 heterocycles. The Morgan fingerprint density at radius 1 is 0.519 bits per heavy atom. The Morgan fingerprint density at radius 2 is 0.856 bits per heavy atom. The van der Waals surface area contributed by atoms with E-state index < -0.39 is 53.3 Å². The van der Waals surface area contributed by atoms with E-state index in [4.69, 9.17) is 46.9 Å². The molecule has 0 saturated carbocycles. The van der Waals surface area contributed by atoms with Crippen LogP contribution in [0.25, 0.3) is 5.76 Å². The van der Waals surface area contributed by atoms with Crippen LogP contribution >= 0.6 is 68.0 Å². The molecular weight excluding hydrogens is 1520 g/mol. The van der Waals surface area contributed by atoms with Gasteiger partial charge in [0.15, 0.2) is 56.4 Å². The van der Waals surface area contributed by atoms with Crippen LogP contribution in [0.5, 0.6) is 0 Å². The molecule has 17 nitrogen and oxygen atoms in total. The first-order valence-corrected chi connectivity index (χ1v) is 55.0. The van der Waals surface area contributed by atoms with Crippen LogP contribution in [0.15, 0.2) is 79.4 Å². The third-order valence-electron chi connectivity index (χ3n) is 19.1. The van der Waals surface area contributed by atoms with Crippen molar-refractivity contribution in [2.45, 2.75) is 267 Å². The van der Waals surface area contributed by atoms with Crippen LogP contribution in [-0.4, -0.2) is 117 Å². The molecular formula is C76H121NO16S6Si5. The fourth-order valence-electron chi connectivity index (χ4n) is 8.53. The maximum atomic E-state index is 12.9. The average Bonchev–Trinajstić information content (AvgIpc) is 1.40. The number of carboxylic acid groups (broad SMARTS) is 1. The van der Waals surface area contributed by atoms with Crippen molar-refractivity contribution in [2.24, 2.45) is 5.92 Å². The minimum Gasteiger partial charge on any atom is -0.544 e. The Kier molecular flexibility index (Phi) is 35.5. The van der Waals surface area contributed by atoms with E-state index in [0.717, 1.165) is 56.1 Å². The van der Waals surface area contributed by atoms with E-state index in [1.807, 2.05) is 50.2 Å². The number of rotatable bonds is 25. The number of carbonyl (C=O) groups excluding carboxylic acids is 5. The molecule has 0 bridgehead atoms. The monoisotopic (exact) mass is 1640 g/mol. The molecule has 2 saturated heterocycles. The largest absolute Gasteiger partial charge is 0.544 e. The van der Waals surface area contributed by atoms with Crippen LogP contribution in [0.3, 0.4) is 0 Å². The fourth-order valence-corrected chi connectivity index (χ4v) is 19.0. The van der Waals surface area contributed by atoms with Gasteiger partial charge in [0, 0.05) is 30.8 Å². The summed E-state index contributed by atoms with van der Waals surface area (Å²) in [5.74, 6) is -0.875. The lowest BCUT2D eigenvalue weighted by Crippen LogP contribution is -2.64. The highest BCUT2D eigenvalue weighted by Gasteiger charge is 2.48. The summed E-state index contributed by atoms with van der Waals surface area (Å²) in [6.45, 7) is 66.9. The molecule has 0 aliphatic carbocycles. The van der Waals surface area contributed by atoms with Gasteiger partial charge < -0.3 is 52.2 Å². The average molecular weight is 1640 g/mol. The molecule has 2 aliphatic heterocycles.